The molecule has 2 fully saturated rings. The maximum absolute atomic E-state index is 9.29. The Bertz CT molecular complexity index is 297. The lowest BCUT2D eigenvalue weighted by Gasteiger charge is -2.36. The van der Waals surface area contributed by atoms with Gasteiger partial charge in [-0.05, 0) is 45.1 Å². The van der Waals surface area contributed by atoms with E-state index in [9.17, 15) is 5.26 Å². The molecule has 1 aliphatic heterocycles. The first-order valence-electron chi connectivity index (χ1n) is 7.07. The van der Waals surface area contributed by atoms with Crippen molar-refractivity contribution in [3.8, 4) is 6.07 Å². The van der Waals surface area contributed by atoms with Crippen LogP contribution in [0.2, 0.25) is 0 Å². The maximum Gasteiger partial charge on any atom is 0.109 e. The van der Waals surface area contributed by atoms with Crippen molar-refractivity contribution in [1.29, 1.82) is 5.26 Å². The number of hydrogen-bond acceptors (Lipinski definition) is 4. The van der Waals surface area contributed by atoms with Crippen molar-refractivity contribution in [3.63, 3.8) is 0 Å². The summed E-state index contributed by atoms with van der Waals surface area (Å²) in [7, 11) is 1.88. The van der Waals surface area contributed by atoms with Gasteiger partial charge in [0.15, 0.2) is 0 Å². The minimum absolute atomic E-state index is 0.244. The Morgan fingerprint density at radius 3 is 2.83 bits per heavy atom. The Labute approximate surface area is 110 Å². The fraction of sp³-hybridized carbons (Fsp3) is 0.929. The van der Waals surface area contributed by atoms with Gasteiger partial charge in [0.2, 0.25) is 0 Å². The highest BCUT2D eigenvalue weighted by atomic mass is 16.5. The molecule has 0 amide bonds. The zero-order valence-electron chi connectivity index (χ0n) is 11.3. The minimum Gasteiger partial charge on any atom is -0.381 e. The molecule has 0 bridgehead atoms. The van der Waals surface area contributed by atoms with E-state index in [0.717, 1.165) is 58.3 Å². The second-order valence-electron chi connectivity index (χ2n) is 5.55. The maximum atomic E-state index is 9.29. The van der Waals surface area contributed by atoms with E-state index in [1.165, 1.54) is 0 Å². The van der Waals surface area contributed by atoms with Gasteiger partial charge in [-0.2, -0.15) is 5.26 Å². The van der Waals surface area contributed by atoms with Gasteiger partial charge >= 0.3 is 0 Å². The number of hydrogen-bond donors (Lipinski definition) is 1. The van der Waals surface area contributed by atoms with E-state index in [2.05, 4.69) is 11.4 Å². The van der Waals surface area contributed by atoms with Crippen LogP contribution < -0.4 is 5.32 Å². The van der Waals surface area contributed by atoms with Crippen LogP contribution in [0.3, 0.4) is 0 Å². The first-order valence-corrected chi connectivity index (χ1v) is 7.07. The molecular weight excluding hydrogens is 228 g/mol. The molecule has 1 saturated carbocycles. The molecule has 1 saturated heterocycles. The van der Waals surface area contributed by atoms with E-state index in [1.807, 2.05) is 7.05 Å². The Hall–Kier alpha value is -0.630. The molecule has 1 aliphatic carbocycles. The lowest BCUT2D eigenvalue weighted by atomic mass is 9.81. The molecule has 2 atom stereocenters. The number of rotatable bonds is 4. The molecular formula is C14H24N2O2. The average molecular weight is 252 g/mol. The zero-order chi connectivity index (χ0) is 12.8. The summed E-state index contributed by atoms with van der Waals surface area (Å²) in [5.74, 6) is 0.645. The van der Waals surface area contributed by atoms with Gasteiger partial charge in [-0.15, -0.1) is 0 Å². The summed E-state index contributed by atoms with van der Waals surface area (Å²) in [5.41, 5.74) is -0.363. The summed E-state index contributed by atoms with van der Waals surface area (Å²) < 4.78 is 11.4. The van der Waals surface area contributed by atoms with Gasteiger partial charge in [-0.3, -0.25) is 0 Å². The molecule has 18 heavy (non-hydrogen) atoms. The van der Waals surface area contributed by atoms with E-state index < -0.39 is 0 Å². The number of ether oxygens (including phenoxy) is 2. The normalized spacial score (nSPS) is 34.1. The molecule has 1 heterocycles. The minimum atomic E-state index is -0.363. The highest BCUT2D eigenvalue weighted by Crippen LogP contribution is 2.30. The fourth-order valence-corrected chi connectivity index (χ4v) is 2.94. The SMILES string of the molecule is CNC1(C#N)CCCC(OCC2CCOCC2)C1. The van der Waals surface area contributed by atoms with Gasteiger partial charge in [-0.1, -0.05) is 0 Å². The smallest absolute Gasteiger partial charge is 0.109 e. The summed E-state index contributed by atoms with van der Waals surface area (Å²) in [4.78, 5) is 0. The molecule has 0 aromatic rings. The van der Waals surface area contributed by atoms with Crippen LogP contribution in [0, 0.1) is 17.2 Å². The van der Waals surface area contributed by atoms with Crippen LogP contribution in [0.15, 0.2) is 0 Å². The number of nitriles is 1. The zero-order valence-corrected chi connectivity index (χ0v) is 11.3. The highest BCUT2D eigenvalue weighted by Gasteiger charge is 2.35. The topological polar surface area (TPSA) is 54.3 Å². The lowest BCUT2D eigenvalue weighted by Crippen LogP contribution is -2.47. The van der Waals surface area contributed by atoms with Gasteiger partial charge in [0, 0.05) is 26.2 Å². The summed E-state index contributed by atoms with van der Waals surface area (Å²) in [6.07, 6.45) is 6.40. The lowest BCUT2D eigenvalue weighted by molar-refractivity contribution is -0.0322. The molecule has 102 valence electrons. The molecule has 0 aromatic carbocycles. The molecule has 0 spiro atoms. The monoisotopic (exact) mass is 252 g/mol. The third-order valence-corrected chi connectivity index (χ3v) is 4.31. The molecule has 4 nitrogen and oxygen atoms in total. The Kier molecular flexibility index (Phi) is 4.99. The van der Waals surface area contributed by atoms with Crippen molar-refractivity contribution < 1.29 is 9.47 Å². The van der Waals surface area contributed by atoms with Crippen molar-refractivity contribution in [2.75, 3.05) is 26.9 Å². The highest BCUT2D eigenvalue weighted by molar-refractivity contribution is 5.09. The van der Waals surface area contributed by atoms with Crippen molar-refractivity contribution in [2.24, 2.45) is 5.92 Å². The molecule has 2 aliphatic rings. The van der Waals surface area contributed by atoms with Crippen LogP contribution in [0.5, 0.6) is 0 Å². The quantitative estimate of drug-likeness (QED) is 0.829. The van der Waals surface area contributed by atoms with Gasteiger partial charge in [0.05, 0.1) is 12.2 Å². The standard InChI is InChI=1S/C14H24N2O2/c1-16-14(11-15)6-2-3-13(9-14)18-10-12-4-7-17-8-5-12/h12-13,16H,2-10H2,1H3. The van der Waals surface area contributed by atoms with Crippen molar-refractivity contribution in [3.05, 3.63) is 0 Å². The molecule has 2 unspecified atom stereocenters. The fourth-order valence-electron chi connectivity index (χ4n) is 2.94. The van der Waals surface area contributed by atoms with Crippen molar-refractivity contribution >= 4 is 0 Å². The second-order valence-corrected chi connectivity index (χ2v) is 5.55. The van der Waals surface area contributed by atoms with E-state index in [-0.39, 0.29) is 11.6 Å². The Morgan fingerprint density at radius 1 is 1.39 bits per heavy atom. The number of nitrogens with one attached hydrogen (secondary N) is 1. The molecule has 1 N–H and O–H groups in total. The molecule has 0 aromatic heterocycles. The molecule has 2 rings (SSSR count). The van der Waals surface area contributed by atoms with Crippen LogP contribution in [-0.2, 0) is 9.47 Å². The first-order chi connectivity index (χ1) is 8.78. The van der Waals surface area contributed by atoms with Crippen LogP contribution >= 0.6 is 0 Å². The van der Waals surface area contributed by atoms with E-state index in [1.54, 1.807) is 0 Å². The summed E-state index contributed by atoms with van der Waals surface area (Å²) in [6, 6.07) is 2.42. The Morgan fingerprint density at radius 2 is 2.17 bits per heavy atom. The first kappa shape index (κ1) is 13.8. The van der Waals surface area contributed by atoms with Crippen molar-refractivity contribution in [1.82, 2.24) is 5.32 Å². The predicted octanol–water partition coefficient (Wildman–Crippen LogP) is 1.85. The van der Waals surface area contributed by atoms with Crippen LogP contribution in [0.25, 0.3) is 0 Å². The van der Waals surface area contributed by atoms with Crippen LogP contribution in [0.4, 0.5) is 0 Å². The predicted molar refractivity (Wildman–Crippen MR) is 69.2 cm³/mol. The summed E-state index contributed by atoms with van der Waals surface area (Å²) in [6.45, 7) is 2.58. The third kappa shape index (κ3) is 3.44. The molecule has 0 radical (unpaired) electrons. The summed E-state index contributed by atoms with van der Waals surface area (Å²) in [5, 5.41) is 12.5. The van der Waals surface area contributed by atoms with E-state index in [4.69, 9.17) is 9.47 Å². The second kappa shape index (κ2) is 6.51. The molecule has 4 heteroatoms. The van der Waals surface area contributed by atoms with Crippen LogP contribution in [-0.4, -0.2) is 38.5 Å². The Balaban J connectivity index is 1.77. The van der Waals surface area contributed by atoms with Gasteiger partial charge in [0.1, 0.15) is 5.54 Å². The van der Waals surface area contributed by atoms with Crippen molar-refractivity contribution in [2.45, 2.75) is 50.2 Å². The van der Waals surface area contributed by atoms with E-state index >= 15 is 0 Å². The summed E-state index contributed by atoms with van der Waals surface area (Å²) >= 11 is 0. The largest absolute Gasteiger partial charge is 0.381 e. The van der Waals surface area contributed by atoms with E-state index in [0.29, 0.717) is 5.92 Å². The third-order valence-electron chi connectivity index (χ3n) is 4.31. The van der Waals surface area contributed by atoms with Gasteiger partial charge < -0.3 is 14.8 Å². The van der Waals surface area contributed by atoms with Gasteiger partial charge in [0.25, 0.3) is 0 Å². The van der Waals surface area contributed by atoms with Crippen LogP contribution in [0.1, 0.15) is 38.5 Å². The van der Waals surface area contributed by atoms with Gasteiger partial charge in [-0.25, -0.2) is 0 Å². The average Bonchev–Trinajstić information content (AvgIpc) is 2.46. The number of nitrogens with zero attached hydrogens (tertiary/aromatic N) is 1.